The number of ether oxygens (including phenoxy) is 2. The molecule has 1 aliphatic rings. The van der Waals surface area contributed by atoms with Crippen LogP contribution in [0.4, 0.5) is 10.5 Å². The van der Waals surface area contributed by atoms with Crippen molar-refractivity contribution >= 4 is 17.7 Å². The molecule has 6 heteroatoms. The van der Waals surface area contributed by atoms with Crippen LogP contribution in [0.2, 0.25) is 0 Å². The summed E-state index contributed by atoms with van der Waals surface area (Å²) in [5, 5.41) is 3.08. The normalized spacial score (nSPS) is 17.7. The number of anilines is 1. The van der Waals surface area contributed by atoms with Crippen LogP contribution in [0.5, 0.6) is 5.75 Å². The first-order chi connectivity index (χ1) is 16.7. The molecule has 3 aromatic rings. The van der Waals surface area contributed by atoms with Gasteiger partial charge in [0.25, 0.3) is 0 Å². The van der Waals surface area contributed by atoms with Gasteiger partial charge in [0.15, 0.2) is 0 Å². The van der Waals surface area contributed by atoms with Crippen LogP contribution in [0, 0.1) is 5.92 Å². The van der Waals surface area contributed by atoms with Crippen molar-refractivity contribution in [3.8, 4) is 16.9 Å². The second-order valence-corrected chi connectivity index (χ2v) is 9.81. The Morgan fingerprint density at radius 3 is 2.23 bits per heavy atom. The minimum Gasteiger partial charge on any atom is -0.497 e. The first-order valence-corrected chi connectivity index (χ1v) is 11.8. The summed E-state index contributed by atoms with van der Waals surface area (Å²) in [6.45, 7) is 6.21. The highest BCUT2D eigenvalue weighted by Crippen LogP contribution is 2.35. The van der Waals surface area contributed by atoms with Gasteiger partial charge in [0.2, 0.25) is 5.91 Å². The Morgan fingerprint density at radius 1 is 0.886 bits per heavy atom. The number of hydrogen-bond acceptors (Lipinski definition) is 4. The van der Waals surface area contributed by atoms with Crippen molar-refractivity contribution in [3.05, 3.63) is 84.4 Å². The molecule has 0 bridgehead atoms. The number of hydrogen-bond donors (Lipinski definition) is 1. The van der Waals surface area contributed by atoms with E-state index in [1.165, 1.54) is 0 Å². The van der Waals surface area contributed by atoms with Gasteiger partial charge in [-0.2, -0.15) is 0 Å². The fraction of sp³-hybridized carbons (Fsp3) is 0.310. The van der Waals surface area contributed by atoms with Gasteiger partial charge >= 0.3 is 6.09 Å². The third-order valence-corrected chi connectivity index (χ3v) is 6.09. The van der Waals surface area contributed by atoms with Gasteiger partial charge < -0.3 is 19.7 Å². The second kappa shape index (κ2) is 10.2. The summed E-state index contributed by atoms with van der Waals surface area (Å²) in [5.74, 6) is 0.0404. The van der Waals surface area contributed by atoms with E-state index in [2.05, 4.69) is 5.32 Å². The van der Waals surface area contributed by atoms with E-state index >= 15 is 0 Å². The number of carbonyl (C=O) groups excluding carboxylic acids is 2. The molecule has 4 rings (SSSR count). The Kier molecular flexibility index (Phi) is 7.10. The Balaban J connectivity index is 1.56. The third-order valence-electron chi connectivity index (χ3n) is 6.09. The summed E-state index contributed by atoms with van der Waals surface area (Å²) in [6.07, 6.45) is -0.405. The van der Waals surface area contributed by atoms with Crippen LogP contribution in [0.15, 0.2) is 78.9 Å². The molecule has 0 radical (unpaired) electrons. The molecule has 1 saturated heterocycles. The van der Waals surface area contributed by atoms with Crippen LogP contribution in [-0.2, 0) is 9.53 Å². The van der Waals surface area contributed by atoms with Crippen LogP contribution < -0.4 is 10.1 Å². The first-order valence-electron chi connectivity index (χ1n) is 11.8. The smallest absolute Gasteiger partial charge is 0.410 e. The number of benzene rings is 3. The maximum absolute atomic E-state index is 13.5. The van der Waals surface area contributed by atoms with Crippen molar-refractivity contribution in [2.45, 2.75) is 32.3 Å². The predicted molar refractivity (Wildman–Crippen MR) is 138 cm³/mol. The van der Waals surface area contributed by atoms with Gasteiger partial charge in [-0.3, -0.25) is 4.79 Å². The van der Waals surface area contributed by atoms with E-state index in [1.807, 2.05) is 99.6 Å². The molecule has 2 atom stereocenters. The molecule has 35 heavy (non-hydrogen) atoms. The molecule has 0 aromatic heterocycles. The maximum Gasteiger partial charge on any atom is 0.410 e. The molecule has 3 aromatic carbocycles. The Morgan fingerprint density at radius 2 is 1.57 bits per heavy atom. The average Bonchev–Trinajstić information content (AvgIpc) is 3.30. The lowest BCUT2D eigenvalue weighted by Crippen LogP contribution is -2.36. The van der Waals surface area contributed by atoms with Gasteiger partial charge in [-0.05, 0) is 61.7 Å². The molecule has 0 spiro atoms. The van der Waals surface area contributed by atoms with Crippen molar-refractivity contribution in [3.63, 3.8) is 0 Å². The average molecular weight is 473 g/mol. The molecular weight excluding hydrogens is 440 g/mol. The molecule has 182 valence electrons. The van der Waals surface area contributed by atoms with Gasteiger partial charge in [0.1, 0.15) is 11.4 Å². The summed E-state index contributed by atoms with van der Waals surface area (Å²) in [4.78, 5) is 28.0. The van der Waals surface area contributed by atoms with E-state index in [9.17, 15) is 9.59 Å². The lowest BCUT2D eigenvalue weighted by Gasteiger charge is -2.24. The summed E-state index contributed by atoms with van der Waals surface area (Å²) in [5.41, 5.74) is 3.20. The van der Waals surface area contributed by atoms with Crippen LogP contribution in [0.25, 0.3) is 11.1 Å². The zero-order valence-corrected chi connectivity index (χ0v) is 20.7. The molecule has 1 N–H and O–H groups in total. The standard InChI is InChI=1S/C29H32N2O4/c1-29(2,3)35-28(33)31-18-25(21-13-15-24(34-4)16-14-21)26(19-31)27(32)30-23-12-8-11-22(17-23)20-9-6-5-7-10-20/h5-17,25-26H,18-19H2,1-4H3,(H,30,32)/t25-,26+/m0/s1. The minimum absolute atomic E-state index is 0.123. The Hall–Kier alpha value is -3.80. The maximum atomic E-state index is 13.5. The molecule has 0 saturated carbocycles. The van der Waals surface area contributed by atoms with Gasteiger partial charge in [-0.15, -0.1) is 0 Å². The molecule has 2 amide bonds. The van der Waals surface area contributed by atoms with Crippen molar-refractivity contribution in [1.29, 1.82) is 0 Å². The zero-order chi connectivity index (χ0) is 25.0. The van der Waals surface area contributed by atoms with E-state index in [-0.39, 0.29) is 18.4 Å². The number of amides is 2. The van der Waals surface area contributed by atoms with E-state index in [0.29, 0.717) is 6.54 Å². The van der Waals surface area contributed by atoms with Crippen molar-refractivity contribution in [2.24, 2.45) is 5.92 Å². The minimum atomic E-state index is -0.606. The number of likely N-dealkylation sites (tertiary alicyclic amines) is 1. The summed E-state index contributed by atoms with van der Waals surface area (Å²) in [6, 6.07) is 25.5. The Labute approximate surface area is 206 Å². The van der Waals surface area contributed by atoms with Gasteiger partial charge in [-0.1, -0.05) is 54.6 Å². The number of methoxy groups -OCH3 is 1. The zero-order valence-electron chi connectivity index (χ0n) is 20.7. The first kappa shape index (κ1) is 24.3. The van der Waals surface area contributed by atoms with Gasteiger partial charge in [-0.25, -0.2) is 4.79 Å². The van der Waals surface area contributed by atoms with Crippen LogP contribution >= 0.6 is 0 Å². The highest BCUT2D eigenvalue weighted by atomic mass is 16.6. The number of carbonyl (C=O) groups is 2. The number of rotatable bonds is 5. The highest BCUT2D eigenvalue weighted by Gasteiger charge is 2.41. The third kappa shape index (κ3) is 6.01. The number of nitrogens with zero attached hydrogens (tertiary/aromatic N) is 1. The lowest BCUT2D eigenvalue weighted by molar-refractivity contribution is -0.119. The van der Waals surface area contributed by atoms with Gasteiger partial charge in [0.05, 0.1) is 13.0 Å². The monoisotopic (exact) mass is 472 g/mol. The fourth-order valence-electron chi connectivity index (χ4n) is 4.38. The summed E-state index contributed by atoms with van der Waals surface area (Å²) < 4.78 is 10.9. The highest BCUT2D eigenvalue weighted by molar-refractivity contribution is 5.94. The van der Waals surface area contributed by atoms with E-state index in [4.69, 9.17) is 9.47 Å². The molecular formula is C29H32N2O4. The number of nitrogens with one attached hydrogen (secondary N) is 1. The molecule has 0 unspecified atom stereocenters. The van der Waals surface area contributed by atoms with E-state index < -0.39 is 17.6 Å². The molecule has 0 aliphatic carbocycles. The molecule has 1 fully saturated rings. The summed E-state index contributed by atoms with van der Waals surface area (Å²) >= 11 is 0. The van der Waals surface area contributed by atoms with Crippen LogP contribution in [0.3, 0.4) is 0 Å². The molecule has 6 nitrogen and oxygen atoms in total. The molecule has 1 heterocycles. The van der Waals surface area contributed by atoms with E-state index in [0.717, 1.165) is 28.1 Å². The Bertz CT molecular complexity index is 1170. The fourth-order valence-corrected chi connectivity index (χ4v) is 4.38. The van der Waals surface area contributed by atoms with Gasteiger partial charge in [0, 0.05) is 24.7 Å². The van der Waals surface area contributed by atoms with Crippen molar-refractivity contribution in [2.75, 3.05) is 25.5 Å². The lowest BCUT2D eigenvalue weighted by atomic mass is 9.88. The second-order valence-electron chi connectivity index (χ2n) is 9.81. The van der Waals surface area contributed by atoms with Crippen LogP contribution in [0.1, 0.15) is 32.3 Å². The van der Waals surface area contributed by atoms with Crippen molar-refractivity contribution < 1.29 is 19.1 Å². The largest absolute Gasteiger partial charge is 0.497 e. The SMILES string of the molecule is COc1ccc([C@@H]2CN(C(=O)OC(C)(C)C)C[C@H]2C(=O)Nc2cccc(-c3ccccc3)c2)cc1. The predicted octanol–water partition coefficient (Wildman–Crippen LogP) is 5.95. The quantitative estimate of drug-likeness (QED) is 0.498. The topological polar surface area (TPSA) is 67.9 Å². The molecule has 1 aliphatic heterocycles. The summed E-state index contributed by atoms with van der Waals surface area (Å²) in [7, 11) is 1.62. The van der Waals surface area contributed by atoms with E-state index in [1.54, 1.807) is 12.0 Å². The van der Waals surface area contributed by atoms with Crippen molar-refractivity contribution in [1.82, 2.24) is 4.90 Å². The van der Waals surface area contributed by atoms with Crippen LogP contribution in [-0.4, -0.2) is 42.7 Å².